The number of rotatable bonds is 6. The zero-order chi connectivity index (χ0) is 20.9. The summed E-state index contributed by atoms with van der Waals surface area (Å²) in [5.74, 6) is -0.671. The Morgan fingerprint density at radius 2 is 2.00 bits per heavy atom. The molecule has 0 radical (unpaired) electrons. The van der Waals surface area contributed by atoms with Gasteiger partial charge in [0.1, 0.15) is 13.2 Å². The smallest absolute Gasteiger partial charge is 0.338 e. The molecule has 0 bridgehead atoms. The topological polar surface area (TPSA) is 89.4 Å². The molecule has 2 heterocycles. The second-order valence-corrected chi connectivity index (χ2v) is 7.35. The normalized spacial score (nSPS) is 15.8. The molecule has 154 valence electrons. The average molecular weight is 405 g/mol. The zero-order valence-electron chi connectivity index (χ0n) is 16.5. The molecule has 1 aromatic heterocycles. The minimum atomic E-state index is -0.411. The van der Waals surface area contributed by atoms with Gasteiger partial charge in [0, 0.05) is 29.4 Å². The van der Waals surface area contributed by atoms with Gasteiger partial charge in [-0.15, -0.1) is 0 Å². The van der Waals surface area contributed by atoms with E-state index in [1.54, 1.807) is 53.2 Å². The molecule has 0 unspecified atom stereocenters. The number of aromatic nitrogens is 1. The second kappa shape index (κ2) is 8.92. The van der Waals surface area contributed by atoms with E-state index in [9.17, 15) is 14.4 Å². The largest absolute Gasteiger partial charge is 0.460 e. The summed E-state index contributed by atoms with van der Waals surface area (Å²) >= 11 is 0. The number of ether oxygens (including phenoxy) is 1. The molecule has 0 aliphatic carbocycles. The van der Waals surface area contributed by atoms with Crippen molar-refractivity contribution in [1.29, 1.82) is 0 Å². The number of benzene rings is 2. The predicted octanol–water partition coefficient (Wildman–Crippen LogP) is 2.55. The maximum absolute atomic E-state index is 12.6. The van der Waals surface area contributed by atoms with Crippen LogP contribution < -0.4 is 16.1 Å². The van der Waals surface area contributed by atoms with Crippen LogP contribution in [0.15, 0.2) is 65.6 Å². The quantitative estimate of drug-likeness (QED) is 0.615. The molecule has 1 fully saturated rings. The number of carbonyl (C=O) groups excluding carboxylic acids is 2. The van der Waals surface area contributed by atoms with E-state index in [0.717, 1.165) is 19.4 Å². The van der Waals surface area contributed by atoms with Crippen LogP contribution in [0.4, 0.5) is 5.69 Å². The lowest BCUT2D eigenvalue weighted by atomic mass is 10.2. The number of pyridine rings is 1. The molecule has 4 rings (SSSR count). The molecule has 1 atom stereocenters. The number of amides is 1. The highest BCUT2D eigenvalue weighted by atomic mass is 16.5. The molecule has 7 nitrogen and oxygen atoms in total. The number of carbonyl (C=O) groups is 2. The van der Waals surface area contributed by atoms with Crippen molar-refractivity contribution >= 4 is 28.5 Å². The van der Waals surface area contributed by atoms with Gasteiger partial charge < -0.3 is 19.9 Å². The summed E-state index contributed by atoms with van der Waals surface area (Å²) in [6.07, 6.45) is 3.70. The van der Waals surface area contributed by atoms with Gasteiger partial charge in [0.25, 0.3) is 0 Å². The second-order valence-electron chi connectivity index (χ2n) is 7.35. The van der Waals surface area contributed by atoms with Gasteiger partial charge >= 0.3 is 5.97 Å². The molecule has 2 aromatic carbocycles. The fourth-order valence-electron chi connectivity index (χ4n) is 3.64. The monoisotopic (exact) mass is 405 g/mol. The Morgan fingerprint density at radius 3 is 2.83 bits per heavy atom. The molecule has 0 saturated carbocycles. The summed E-state index contributed by atoms with van der Waals surface area (Å²) in [6.45, 7) is 1.34. The first-order valence-corrected chi connectivity index (χ1v) is 9.99. The lowest BCUT2D eigenvalue weighted by Crippen LogP contribution is -2.28. The van der Waals surface area contributed by atoms with Crippen LogP contribution in [0.25, 0.3) is 10.9 Å². The Bertz CT molecular complexity index is 1130. The highest BCUT2D eigenvalue weighted by Crippen LogP contribution is 2.14. The van der Waals surface area contributed by atoms with E-state index in [0.29, 0.717) is 28.8 Å². The van der Waals surface area contributed by atoms with Crippen molar-refractivity contribution in [3.63, 3.8) is 0 Å². The summed E-state index contributed by atoms with van der Waals surface area (Å²) in [5, 5.41) is 6.65. The lowest BCUT2D eigenvalue weighted by Gasteiger charge is -2.13. The van der Waals surface area contributed by atoms with Gasteiger partial charge in [0.05, 0.1) is 11.1 Å². The van der Waals surface area contributed by atoms with Crippen molar-refractivity contribution in [2.24, 2.45) is 0 Å². The van der Waals surface area contributed by atoms with Crippen LogP contribution in [0.1, 0.15) is 23.2 Å². The number of nitrogens with one attached hydrogen (secondary N) is 2. The molecule has 1 aliphatic heterocycles. The molecule has 1 aliphatic rings. The number of hydrogen-bond acceptors (Lipinski definition) is 5. The number of fused-ring (bicyclic) bond motifs is 1. The highest BCUT2D eigenvalue weighted by molar-refractivity contribution is 5.95. The summed E-state index contributed by atoms with van der Waals surface area (Å²) in [4.78, 5) is 36.9. The molecule has 0 spiro atoms. The molecular formula is C23H23N3O4. The molecule has 1 amide bonds. The van der Waals surface area contributed by atoms with Gasteiger partial charge in [-0.2, -0.15) is 0 Å². The van der Waals surface area contributed by atoms with Crippen LogP contribution in [0.3, 0.4) is 0 Å². The highest BCUT2D eigenvalue weighted by Gasteiger charge is 2.17. The van der Waals surface area contributed by atoms with E-state index in [2.05, 4.69) is 10.6 Å². The van der Waals surface area contributed by atoms with Crippen LogP contribution in [0.2, 0.25) is 0 Å². The average Bonchev–Trinajstić information content (AvgIpc) is 3.28. The minimum absolute atomic E-state index is 0.0445. The molecule has 30 heavy (non-hydrogen) atoms. The van der Waals surface area contributed by atoms with Gasteiger partial charge in [-0.1, -0.05) is 18.2 Å². The van der Waals surface area contributed by atoms with E-state index >= 15 is 0 Å². The maximum atomic E-state index is 12.6. The third-order valence-corrected chi connectivity index (χ3v) is 5.16. The van der Waals surface area contributed by atoms with E-state index in [-0.39, 0.29) is 23.9 Å². The van der Waals surface area contributed by atoms with Crippen molar-refractivity contribution in [2.45, 2.75) is 25.4 Å². The van der Waals surface area contributed by atoms with Crippen LogP contribution in [0.5, 0.6) is 0 Å². The summed E-state index contributed by atoms with van der Waals surface area (Å²) in [6, 6.07) is 15.5. The zero-order valence-corrected chi connectivity index (χ0v) is 16.5. The van der Waals surface area contributed by atoms with E-state index in [1.165, 1.54) is 6.07 Å². The number of esters is 1. The molecule has 7 heteroatoms. The number of nitrogens with zero attached hydrogens (tertiary/aromatic N) is 1. The molecule has 2 N–H and O–H groups in total. The van der Waals surface area contributed by atoms with Gasteiger partial charge in [0.15, 0.2) is 5.43 Å². The number of hydrogen-bond donors (Lipinski definition) is 2. The van der Waals surface area contributed by atoms with Crippen molar-refractivity contribution in [3.05, 3.63) is 76.6 Å². The third kappa shape index (κ3) is 4.58. The Balaban J connectivity index is 1.41. The standard InChI is InChI=1S/C23H23N3O4/c27-21-10-12-26(20-9-2-1-8-19(20)21)14-22(28)25-17-6-3-5-16(13-17)23(29)30-15-18-7-4-11-24-18/h1-3,5-6,8-10,12-13,18,24H,4,7,11,14-15H2,(H,25,28)/t18-/m0/s1. The van der Waals surface area contributed by atoms with E-state index < -0.39 is 5.97 Å². The minimum Gasteiger partial charge on any atom is -0.460 e. The van der Waals surface area contributed by atoms with Gasteiger partial charge in [0.2, 0.25) is 5.91 Å². The SMILES string of the molecule is O=C(Cn1ccc(=O)c2ccccc21)Nc1cccc(C(=O)OC[C@@H]2CCCN2)c1. The van der Waals surface area contributed by atoms with Gasteiger partial charge in [-0.25, -0.2) is 4.79 Å². The Kier molecular flexibility index (Phi) is 5.90. The van der Waals surface area contributed by atoms with Crippen molar-refractivity contribution < 1.29 is 14.3 Å². The summed E-state index contributed by atoms with van der Waals surface area (Å²) in [5.41, 5.74) is 1.51. The molecule has 1 saturated heterocycles. The van der Waals surface area contributed by atoms with Crippen LogP contribution in [-0.2, 0) is 16.1 Å². The van der Waals surface area contributed by atoms with Crippen molar-refractivity contribution in [2.75, 3.05) is 18.5 Å². The fraction of sp³-hybridized carbons (Fsp3) is 0.261. The first-order valence-electron chi connectivity index (χ1n) is 9.99. The molecular weight excluding hydrogens is 382 g/mol. The van der Waals surface area contributed by atoms with E-state index in [4.69, 9.17) is 4.74 Å². The maximum Gasteiger partial charge on any atom is 0.338 e. The third-order valence-electron chi connectivity index (χ3n) is 5.16. The lowest BCUT2D eigenvalue weighted by molar-refractivity contribution is -0.116. The fourth-order valence-corrected chi connectivity index (χ4v) is 3.64. The van der Waals surface area contributed by atoms with E-state index in [1.807, 2.05) is 6.07 Å². The Morgan fingerprint density at radius 1 is 1.13 bits per heavy atom. The van der Waals surface area contributed by atoms with Gasteiger partial charge in [-0.05, 0) is 49.7 Å². The van der Waals surface area contributed by atoms with Gasteiger partial charge in [-0.3, -0.25) is 9.59 Å². The first-order chi connectivity index (χ1) is 14.6. The van der Waals surface area contributed by atoms with Crippen LogP contribution in [0, 0.1) is 0 Å². The Hall–Kier alpha value is -3.45. The van der Waals surface area contributed by atoms with Crippen molar-refractivity contribution in [1.82, 2.24) is 9.88 Å². The first kappa shape index (κ1) is 19.8. The Labute approximate surface area is 173 Å². The molecule has 3 aromatic rings. The summed E-state index contributed by atoms with van der Waals surface area (Å²) in [7, 11) is 0. The van der Waals surface area contributed by atoms with Crippen LogP contribution >= 0.6 is 0 Å². The van der Waals surface area contributed by atoms with Crippen LogP contribution in [-0.4, -0.2) is 35.6 Å². The summed E-state index contributed by atoms with van der Waals surface area (Å²) < 4.78 is 7.10. The number of para-hydroxylation sites is 1. The van der Waals surface area contributed by atoms with Crippen molar-refractivity contribution in [3.8, 4) is 0 Å². The predicted molar refractivity (Wildman–Crippen MR) is 115 cm³/mol. The number of anilines is 1.